The molecule has 24 heavy (non-hydrogen) atoms. The van der Waals surface area contributed by atoms with Crippen molar-refractivity contribution in [1.29, 1.82) is 0 Å². The van der Waals surface area contributed by atoms with Crippen LogP contribution in [0.15, 0.2) is 18.2 Å². The van der Waals surface area contributed by atoms with Crippen LogP contribution in [0.4, 0.5) is 5.69 Å². The SMILES string of the molecule is O=C(CC1(C(=O)O)CCCCCC1)Nc1ccc2c(c1)C(=O)NC2. The van der Waals surface area contributed by atoms with Gasteiger partial charge in [0.05, 0.1) is 5.41 Å². The Bertz CT molecular complexity index is 676. The number of carboxylic acid groups (broad SMARTS) is 1. The lowest BCUT2D eigenvalue weighted by molar-refractivity contribution is -0.152. The van der Waals surface area contributed by atoms with E-state index in [1.165, 1.54) is 0 Å². The van der Waals surface area contributed by atoms with Crippen LogP contribution in [0.2, 0.25) is 0 Å². The molecule has 1 aromatic carbocycles. The number of carboxylic acids is 1. The molecule has 3 rings (SSSR count). The van der Waals surface area contributed by atoms with Gasteiger partial charge in [-0.1, -0.05) is 31.7 Å². The third kappa shape index (κ3) is 3.27. The Hall–Kier alpha value is -2.37. The van der Waals surface area contributed by atoms with Crippen LogP contribution in [-0.2, 0) is 16.1 Å². The van der Waals surface area contributed by atoms with Crippen LogP contribution < -0.4 is 10.6 Å². The number of carbonyl (C=O) groups is 3. The van der Waals surface area contributed by atoms with Gasteiger partial charge in [-0.05, 0) is 30.5 Å². The Morgan fingerprint density at radius 1 is 1.17 bits per heavy atom. The molecule has 0 unspecified atom stereocenters. The number of aliphatic carboxylic acids is 1. The number of hydrogen-bond donors (Lipinski definition) is 3. The van der Waals surface area contributed by atoms with Crippen molar-refractivity contribution in [1.82, 2.24) is 5.32 Å². The lowest BCUT2D eigenvalue weighted by Crippen LogP contribution is -2.35. The summed E-state index contributed by atoms with van der Waals surface area (Å²) in [6.45, 7) is 0.504. The molecule has 1 saturated carbocycles. The van der Waals surface area contributed by atoms with Crippen LogP contribution in [0.25, 0.3) is 0 Å². The van der Waals surface area contributed by atoms with E-state index in [1.54, 1.807) is 12.1 Å². The molecule has 0 aromatic heterocycles. The molecule has 0 saturated heterocycles. The quantitative estimate of drug-likeness (QED) is 0.740. The maximum absolute atomic E-state index is 12.4. The van der Waals surface area contributed by atoms with Gasteiger partial charge in [0.15, 0.2) is 0 Å². The Morgan fingerprint density at radius 3 is 2.54 bits per heavy atom. The van der Waals surface area contributed by atoms with Crippen LogP contribution in [0.1, 0.15) is 60.9 Å². The monoisotopic (exact) mass is 330 g/mol. The summed E-state index contributed by atoms with van der Waals surface area (Å²) >= 11 is 0. The molecule has 0 spiro atoms. The molecule has 1 aliphatic heterocycles. The molecule has 1 heterocycles. The molecular weight excluding hydrogens is 308 g/mol. The Kier molecular flexibility index (Phi) is 4.55. The van der Waals surface area contributed by atoms with Crippen molar-refractivity contribution >= 4 is 23.5 Å². The standard InChI is InChI=1S/C18H22N2O4/c21-15(10-18(17(23)24)7-3-1-2-4-8-18)20-13-6-5-12-11-19-16(22)14(12)9-13/h5-6,9H,1-4,7-8,10-11H2,(H,19,22)(H,20,21)(H,23,24). The smallest absolute Gasteiger partial charge is 0.310 e. The van der Waals surface area contributed by atoms with Crippen LogP contribution in [-0.4, -0.2) is 22.9 Å². The van der Waals surface area contributed by atoms with Crippen LogP contribution in [0, 0.1) is 5.41 Å². The maximum atomic E-state index is 12.4. The van der Waals surface area contributed by atoms with E-state index in [2.05, 4.69) is 10.6 Å². The Balaban J connectivity index is 1.71. The van der Waals surface area contributed by atoms with Gasteiger partial charge in [0.25, 0.3) is 5.91 Å². The summed E-state index contributed by atoms with van der Waals surface area (Å²) in [4.78, 5) is 35.9. The van der Waals surface area contributed by atoms with Gasteiger partial charge in [-0.3, -0.25) is 14.4 Å². The fourth-order valence-electron chi connectivity index (χ4n) is 3.67. The van der Waals surface area contributed by atoms with Gasteiger partial charge in [0, 0.05) is 24.2 Å². The molecule has 128 valence electrons. The Morgan fingerprint density at radius 2 is 1.88 bits per heavy atom. The van der Waals surface area contributed by atoms with Gasteiger partial charge in [-0.2, -0.15) is 0 Å². The molecule has 1 fully saturated rings. The molecule has 6 heteroatoms. The summed E-state index contributed by atoms with van der Waals surface area (Å²) in [5, 5.41) is 15.1. The first kappa shape index (κ1) is 16.5. The van der Waals surface area contributed by atoms with Crippen molar-refractivity contribution in [2.24, 2.45) is 5.41 Å². The molecule has 1 aromatic rings. The van der Waals surface area contributed by atoms with E-state index >= 15 is 0 Å². The molecule has 0 atom stereocenters. The van der Waals surface area contributed by atoms with E-state index < -0.39 is 11.4 Å². The maximum Gasteiger partial charge on any atom is 0.310 e. The highest BCUT2D eigenvalue weighted by Crippen LogP contribution is 2.38. The highest BCUT2D eigenvalue weighted by molar-refractivity contribution is 6.01. The van der Waals surface area contributed by atoms with E-state index in [-0.39, 0.29) is 18.2 Å². The summed E-state index contributed by atoms with van der Waals surface area (Å²) in [6.07, 6.45) is 4.81. The van der Waals surface area contributed by atoms with Gasteiger partial charge in [-0.15, -0.1) is 0 Å². The zero-order chi connectivity index (χ0) is 17.2. The van der Waals surface area contributed by atoms with Crippen molar-refractivity contribution in [3.8, 4) is 0 Å². The third-order valence-electron chi connectivity index (χ3n) is 5.09. The normalized spacial score (nSPS) is 19.1. The van der Waals surface area contributed by atoms with Crippen LogP contribution in [0.3, 0.4) is 0 Å². The number of amides is 2. The number of rotatable bonds is 4. The lowest BCUT2D eigenvalue weighted by atomic mass is 9.77. The second-order valence-electron chi connectivity index (χ2n) is 6.78. The largest absolute Gasteiger partial charge is 0.481 e. The first-order valence-electron chi connectivity index (χ1n) is 8.45. The fraction of sp³-hybridized carbons (Fsp3) is 0.500. The van der Waals surface area contributed by atoms with Crippen molar-refractivity contribution in [3.05, 3.63) is 29.3 Å². The second-order valence-corrected chi connectivity index (χ2v) is 6.78. The molecule has 0 bridgehead atoms. The predicted molar refractivity (Wildman–Crippen MR) is 88.6 cm³/mol. The van der Waals surface area contributed by atoms with E-state index in [1.807, 2.05) is 6.07 Å². The molecule has 0 radical (unpaired) electrons. The highest BCUT2D eigenvalue weighted by atomic mass is 16.4. The zero-order valence-corrected chi connectivity index (χ0v) is 13.6. The summed E-state index contributed by atoms with van der Waals surface area (Å²) < 4.78 is 0. The van der Waals surface area contributed by atoms with E-state index in [0.717, 1.165) is 31.2 Å². The highest BCUT2D eigenvalue weighted by Gasteiger charge is 2.40. The van der Waals surface area contributed by atoms with Gasteiger partial charge in [0.1, 0.15) is 0 Å². The average Bonchev–Trinajstić information content (AvgIpc) is 2.76. The van der Waals surface area contributed by atoms with Gasteiger partial charge in [-0.25, -0.2) is 0 Å². The number of nitrogens with one attached hydrogen (secondary N) is 2. The molecule has 6 nitrogen and oxygen atoms in total. The number of hydrogen-bond acceptors (Lipinski definition) is 3. The van der Waals surface area contributed by atoms with Gasteiger partial charge < -0.3 is 15.7 Å². The van der Waals surface area contributed by atoms with Crippen molar-refractivity contribution in [2.45, 2.75) is 51.5 Å². The zero-order valence-electron chi connectivity index (χ0n) is 13.6. The predicted octanol–water partition coefficient (Wildman–Crippen LogP) is 2.68. The van der Waals surface area contributed by atoms with Crippen molar-refractivity contribution in [2.75, 3.05) is 5.32 Å². The van der Waals surface area contributed by atoms with Crippen LogP contribution in [0.5, 0.6) is 0 Å². The van der Waals surface area contributed by atoms with Gasteiger partial charge in [0.2, 0.25) is 5.91 Å². The number of benzene rings is 1. The average molecular weight is 330 g/mol. The minimum Gasteiger partial charge on any atom is -0.481 e. The summed E-state index contributed by atoms with van der Waals surface area (Å²) in [5.74, 6) is -1.34. The second kappa shape index (κ2) is 6.63. The molecule has 3 N–H and O–H groups in total. The van der Waals surface area contributed by atoms with Crippen LogP contribution >= 0.6 is 0 Å². The molecule has 2 amide bonds. The summed E-state index contributed by atoms with van der Waals surface area (Å²) in [6, 6.07) is 5.20. The molecular formula is C18H22N2O4. The fourth-order valence-corrected chi connectivity index (χ4v) is 3.67. The first-order chi connectivity index (χ1) is 11.5. The minimum absolute atomic E-state index is 0.0222. The molecule has 1 aliphatic carbocycles. The van der Waals surface area contributed by atoms with Crippen molar-refractivity contribution < 1.29 is 19.5 Å². The topological polar surface area (TPSA) is 95.5 Å². The van der Waals surface area contributed by atoms with E-state index in [0.29, 0.717) is 30.6 Å². The molecule has 2 aliphatic rings. The summed E-state index contributed by atoms with van der Waals surface area (Å²) in [7, 11) is 0. The van der Waals surface area contributed by atoms with E-state index in [9.17, 15) is 19.5 Å². The third-order valence-corrected chi connectivity index (χ3v) is 5.09. The van der Waals surface area contributed by atoms with Crippen molar-refractivity contribution in [3.63, 3.8) is 0 Å². The minimum atomic E-state index is -0.964. The van der Waals surface area contributed by atoms with E-state index in [4.69, 9.17) is 0 Å². The van der Waals surface area contributed by atoms with Gasteiger partial charge >= 0.3 is 5.97 Å². The Labute approximate surface area is 140 Å². The summed E-state index contributed by atoms with van der Waals surface area (Å²) in [5.41, 5.74) is 1.04. The number of fused-ring (bicyclic) bond motifs is 1. The first-order valence-corrected chi connectivity index (χ1v) is 8.45. The number of carbonyl (C=O) groups excluding carboxylic acids is 2. The number of anilines is 1. The lowest BCUT2D eigenvalue weighted by Gasteiger charge is -2.27.